The summed E-state index contributed by atoms with van der Waals surface area (Å²) in [4.78, 5) is 2.57. The Morgan fingerprint density at radius 1 is 1.14 bits per heavy atom. The maximum atomic E-state index is 5.11. The van der Waals surface area contributed by atoms with Gasteiger partial charge in [-0.2, -0.15) is 0 Å². The number of nitrogens with one attached hydrogen (secondary N) is 1. The smallest absolute Gasteiger partial charge is 0.150 e. The summed E-state index contributed by atoms with van der Waals surface area (Å²) in [6.07, 6.45) is 5.27. The standard InChI is InChI=1S/C17H23N3O/c1-2-4-15(5-3-1)7-11-20-12-8-16(9-13-20)18-14-17-6-10-19-21-17/h1-6,10,16,18H,7-9,11-14H2. The van der Waals surface area contributed by atoms with Gasteiger partial charge in [0.2, 0.25) is 0 Å². The van der Waals surface area contributed by atoms with Gasteiger partial charge in [0.15, 0.2) is 0 Å². The van der Waals surface area contributed by atoms with E-state index < -0.39 is 0 Å². The van der Waals surface area contributed by atoms with E-state index in [1.165, 1.54) is 38.0 Å². The lowest BCUT2D eigenvalue weighted by molar-refractivity contribution is 0.196. The normalized spacial score (nSPS) is 17.1. The maximum Gasteiger partial charge on any atom is 0.150 e. The van der Waals surface area contributed by atoms with Gasteiger partial charge in [0.05, 0.1) is 12.7 Å². The Balaban J connectivity index is 1.35. The summed E-state index contributed by atoms with van der Waals surface area (Å²) in [7, 11) is 0. The predicted molar refractivity (Wildman–Crippen MR) is 83.0 cm³/mol. The molecule has 3 rings (SSSR count). The third-order valence-corrected chi connectivity index (χ3v) is 4.20. The zero-order valence-corrected chi connectivity index (χ0v) is 12.4. The minimum absolute atomic E-state index is 0.600. The van der Waals surface area contributed by atoms with E-state index in [-0.39, 0.29) is 0 Å². The molecule has 1 aliphatic heterocycles. The lowest BCUT2D eigenvalue weighted by Gasteiger charge is -2.32. The molecule has 0 saturated carbocycles. The lowest BCUT2D eigenvalue weighted by Crippen LogP contribution is -2.42. The average Bonchev–Trinajstić information content (AvgIpc) is 3.06. The first kappa shape index (κ1) is 14.3. The molecule has 1 N–H and O–H groups in total. The highest BCUT2D eigenvalue weighted by Crippen LogP contribution is 2.12. The van der Waals surface area contributed by atoms with Crippen LogP contribution in [0.25, 0.3) is 0 Å². The minimum atomic E-state index is 0.600. The van der Waals surface area contributed by atoms with Gasteiger partial charge >= 0.3 is 0 Å². The topological polar surface area (TPSA) is 41.3 Å². The maximum absolute atomic E-state index is 5.11. The Hall–Kier alpha value is -1.65. The molecule has 1 fully saturated rings. The van der Waals surface area contributed by atoms with Gasteiger partial charge in [0, 0.05) is 18.7 Å². The van der Waals surface area contributed by atoms with Crippen molar-refractivity contribution in [2.75, 3.05) is 19.6 Å². The number of aromatic nitrogens is 1. The molecule has 0 atom stereocenters. The molecule has 1 aromatic heterocycles. The molecule has 2 heterocycles. The highest BCUT2D eigenvalue weighted by molar-refractivity contribution is 5.14. The van der Waals surface area contributed by atoms with Gasteiger partial charge in [-0.15, -0.1) is 0 Å². The van der Waals surface area contributed by atoms with E-state index in [0.29, 0.717) is 6.04 Å². The van der Waals surface area contributed by atoms with Crippen molar-refractivity contribution in [1.29, 1.82) is 0 Å². The summed E-state index contributed by atoms with van der Waals surface area (Å²) < 4.78 is 5.11. The predicted octanol–water partition coefficient (Wildman–Crippen LogP) is 2.47. The van der Waals surface area contributed by atoms with Crippen molar-refractivity contribution in [2.45, 2.75) is 31.8 Å². The number of likely N-dealkylation sites (tertiary alicyclic amines) is 1. The molecule has 1 aromatic carbocycles. The molecule has 0 bridgehead atoms. The highest BCUT2D eigenvalue weighted by Gasteiger charge is 2.18. The molecule has 0 amide bonds. The zero-order valence-electron chi connectivity index (χ0n) is 12.4. The van der Waals surface area contributed by atoms with Crippen molar-refractivity contribution in [3.05, 3.63) is 53.9 Å². The first-order chi connectivity index (χ1) is 10.4. The van der Waals surface area contributed by atoms with Crippen LogP contribution < -0.4 is 5.32 Å². The van der Waals surface area contributed by atoms with E-state index in [0.717, 1.165) is 18.7 Å². The summed E-state index contributed by atoms with van der Waals surface area (Å²) >= 11 is 0. The van der Waals surface area contributed by atoms with Gasteiger partial charge in [-0.25, -0.2) is 0 Å². The largest absolute Gasteiger partial charge is 0.360 e. The number of nitrogens with zero attached hydrogens (tertiary/aromatic N) is 2. The Labute approximate surface area is 126 Å². The lowest BCUT2D eigenvalue weighted by atomic mass is 10.0. The Bertz CT molecular complexity index is 504. The van der Waals surface area contributed by atoms with Crippen LogP contribution in [0.2, 0.25) is 0 Å². The molecular weight excluding hydrogens is 262 g/mol. The van der Waals surface area contributed by atoms with E-state index in [2.05, 4.69) is 45.7 Å². The number of hydrogen-bond donors (Lipinski definition) is 1. The number of rotatable bonds is 6. The molecule has 0 aliphatic carbocycles. The average molecular weight is 285 g/mol. The second-order valence-electron chi connectivity index (χ2n) is 5.71. The monoisotopic (exact) mass is 285 g/mol. The molecule has 0 spiro atoms. The highest BCUT2D eigenvalue weighted by atomic mass is 16.5. The van der Waals surface area contributed by atoms with Crippen molar-refractivity contribution < 1.29 is 4.52 Å². The SMILES string of the molecule is c1ccc(CCN2CCC(NCc3ccno3)CC2)cc1. The molecule has 21 heavy (non-hydrogen) atoms. The summed E-state index contributed by atoms with van der Waals surface area (Å²) in [5.41, 5.74) is 1.43. The first-order valence-corrected chi connectivity index (χ1v) is 7.79. The van der Waals surface area contributed by atoms with E-state index in [1.54, 1.807) is 6.20 Å². The van der Waals surface area contributed by atoms with Crippen LogP contribution in [0, 0.1) is 0 Å². The first-order valence-electron chi connectivity index (χ1n) is 7.79. The molecule has 4 nitrogen and oxygen atoms in total. The quantitative estimate of drug-likeness (QED) is 0.885. The van der Waals surface area contributed by atoms with Crippen LogP contribution in [0.15, 0.2) is 47.1 Å². The van der Waals surface area contributed by atoms with E-state index in [9.17, 15) is 0 Å². The number of piperidine rings is 1. The second-order valence-corrected chi connectivity index (χ2v) is 5.71. The molecule has 1 saturated heterocycles. The van der Waals surface area contributed by atoms with Gasteiger partial charge in [-0.1, -0.05) is 35.5 Å². The third kappa shape index (κ3) is 4.41. The van der Waals surface area contributed by atoms with E-state index in [4.69, 9.17) is 4.52 Å². The van der Waals surface area contributed by atoms with Crippen molar-refractivity contribution >= 4 is 0 Å². The van der Waals surface area contributed by atoms with Gasteiger partial charge in [-0.05, 0) is 37.9 Å². The third-order valence-electron chi connectivity index (χ3n) is 4.20. The van der Waals surface area contributed by atoms with Gasteiger partial charge < -0.3 is 14.7 Å². The zero-order chi connectivity index (χ0) is 14.3. The molecule has 0 radical (unpaired) electrons. The number of hydrogen-bond acceptors (Lipinski definition) is 4. The summed E-state index contributed by atoms with van der Waals surface area (Å²) in [5, 5.41) is 7.29. The van der Waals surface area contributed by atoms with Crippen LogP contribution in [-0.4, -0.2) is 35.7 Å². The fourth-order valence-corrected chi connectivity index (χ4v) is 2.87. The minimum Gasteiger partial charge on any atom is -0.360 e. The Morgan fingerprint density at radius 2 is 1.95 bits per heavy atom. The molecule has 0 unspecified atom stereocenters. The van der Waals surface area contributed by atoms with Crippen molar-refractivity contribution in [3.63, 3.8) is 0 Å². The molecule has 2 aromatic rings. The van der Waals surface area contributed by atoms with Crippen molar-refractivity contribution in [1.82, 2.24) is 15.4 Å². The Kier molecular flexibility index (Phi) is 5.03. The fourth-order valence-electron chi connectivity index (χ4n) is 2.87. The van der Waals surface area contributed by atoms with Gasteiger partial charge in [0.25, 0.3) is 0 Å². The van der Waals surface area contributed by atoms with Gasteiger partial charge in [-0.3, -0.25) is 0 Å². The Morgan fingerprint density at radius 3 is 2.67 bits per heavy atom. The van der Waals surface area contributed by atoms with Crippen LogP contribution in [0.1, 0.15) is 24.2 Å². The van der Waals surface area contributed by atoms with E-state index >= 15 is 0 Å². The van der Waals surface area contributed by atoms with Crippen LogP contribution in [0.4, 0.5) is 0 Å². The summed E-state index contributed by atoms with van der Waals surface area (Å²) in [5.74, 6) is 0.918. The van der Waals surface area contributed by atoms with Crippen LogP contribution >= 0.6 is 0 Å². The van der Waals surface area contributed by atoms with Crippen LogP contribution in [0.5, 0.6) is 0 Å². The second kappa shape index (κ2) is 7.38. The van der Waals surface area contributed by atoms with E-state index in [1.807, 2.05) is 6.07 Å². The molecule has 1 aliphatic rings. The summed E-state index contributed by atoms with van der Waals surface area (Å²) in [6, 6.07) is 13.3. The molecule has 4 heteroatoms. The number of benzene rings is 1. The van der Waals surface area contributed by atoms with Crippen molar-refractivity contribution in [3.8, 4) is 0 Å². The van der Waals surface area contributed by atoms with Gasteiger partial charge in [0.1, 0.15) is 5.76 Å². The van der Waals surface area contributed by atoms with Crippen LogP contribution in [0.3, 0.4) is 0 Å². The fraction of sp³-hybridized carbons (Fsp3) is 0.471. The summed E-state index contributed by atoms with van der Waals surface area (Å²) in [6.45, 7) is 4.31. The molecular formula is C17H23N3O. The van der Waals surface area contributed by atoms with Crippen LogP contribution in [-0.2, 0) is 13.0 Å². The molecule has 112 valence electrons. The van der Waals surface area contributed by atoms with Crippen molar-refractivity contribution in [2.24, 2.45) is 0 Å².